The van der Waals surface area contributed by atoms with Crippen LogP contribution in [-0.4, -0.2) is 23.1 Å². The van der Waals surface area contributed by atoms with Gasteiger partial charge in [0.25, 0.3) is 0 Å². The van der Waals surface area contributed by atoms with E-state index >= 15 is 0 Å². The number of phenols is 1. The van der Waals surface area contributed by atoms with Crippen molar-refractivity contribution in [3.8, 4) is 5.75 Å². The summed E-state index contributed by atoms with van der Waals surface area (Å²) in [6.07, 6.45) is 1.23. The Labute approximate surface area is 162 Å². The van der Waals surface area contributed by atoms with Crippen molar-refractivity contribution >= 4 is 71.5 Å². The smallest absolute Gasteiger partial charge is 0.329 e. The maximum atomic E-state index is 11.7. The average molecular weight is 520 g/mol. The van der Waals surface area contributed by atoms with E-state index in [1.807, 2.05) is 0 Å². The lowest BCUT2D eigenvalue weighted by Crippen LogP contribution is -2.32. The quantitative estimate of drug-likeness (QED) is 0.327. The Kier molecular flexibility index (Phi) is 6.52. The van der Waals surface area contributed by atoms with Crippen LogP contribution >= 0.6 is 47.8 Å². The molecule has 0 aliphatic rings. The van der Waals surface area contributed by atoms with Gasteiger partial charge >= 0.3 is 11.8 Å². The summed E-state index contributed by atoms with van der Waals surface area (Å²) in [5.41, 5.74) is 2.94. The highest BCUT2D eigenvalue weighted by Gasteiger charge is 2.13. The van der Waals surface area contributed by atoms with Crippen LogP contribution < -0.4 is 10.7 Å². The second-order valence-corrected chi connectivity index (χ2v) is 7.17. The van der Waals surface area contributed by atoms with Crippen molar-refractivity contribution in [2.24, 2.45) is 5.10 Å². The fourth-order valence-electron chi connectivity index (χ4n) is 1.62. The van der Waals surface area contributed by atoms with Gasteiger partial charge in [-0.3, -0.25) is 9.59 Å². The zero-order valence-corrected chi connectivity index (χ0v) is 16.6. The molecule has 9 heteroatoms. The van der Waals surface area contributed by atoms with E-state index in [-0.39, 0.29) is 5.75 Å². The summed E-state index contributed by atoms with van der Waals surface area (Å²) >= 11 is 9.74. The van der Waals surface area contributed by atoms with Gasteiger partial charge in [-0.15, -0.1) is 0 Å². The second kappa shape index (κ2) is 8.41. The minimum absolute atomic E-state index is 0.0319. The SMILES string of the molecule is O=C(N/N=C/c1cc(Br)cc(Br)c1O)C(=O)Nc1ccc(Br)cc1. The van der Waals surface area contributed by atoms with E-state index in [4.69, 9.17) is 0 Å². The largest absolute Gasteiger partial charge is 0.506 e. The molecular formula is C15H10Br3N3O3. The number of hydrogen-bond donors (Lipinski definition) is 3. The standard InChI is InChI=1S/C15H10Br3N3O3/c16-9-1-3-11(4-2-9)20-14(23)15(24)21-19-7-8-5-10(17)6-12(18)13(8)22/h1-7,22H,(H,20,23)(H,21,24)/b19-7+. The van der Waals surface area contributed by atoms with E-state index < -0.39 is 11.8 Å². The van der Waals surface area contributed by atoms with Crippen LogP contribution in [0.1, 0.15) is 5.56 Å². The number of carbonyl (C=O) groups is 2. The Morgan fingerprint density at radius 1 is 1.00 bits per heavy atom. The van der Waals surface area contributed by atoms with Gasteiger partial charge in [-0.05, 0) is 52.3 Å². The summed E-state index contributed by atoms with van der Waals surface area (Å²) in [4.78, 5) is 23.4. The number of rotatable bonds is 3. The van der Waals surface area contributed by atoms with E-state index in [0.717, 1.165) is 4.47 Å². The molecule has 0 saturated carbocycles. The van der Waals surface area contributed by atoms with E-state index in [2.05, 4.69) is 63.6 Å². The Morgan fingerprint density at radius 3 is 2.33 bits per heavy atom. The molecule has 0 spiro atoms. The minimum Gasteiger partial charge on any atom is -0.506 e. The van der Waals surface area contributed by atoms with E-state index in [9.17, 15) is 14.7 Å². The number of phenolic OH excluding ortho intramolecular Hbond substituents is 1. The first-order valence-corrected chi connectivity index (χ1v) is 8.82. The number of nitrogens with one attached hydrogen (secondary N) is 2. The van der Waals surface area contributed by atoms with Gasteiger partial charge in [-0.2, -0.15) is 5.10 Å². The molecule has 24 heavy (non-hydrogen) atoms. The topological polar surface area (TPSA) is 90.8 Å². The molecule has 0 saturated heterocycles. The number of nitrogens with zero attached hydrogens (tertiary/aromatic N) is 1. The summed E-state index contributed by atoms with van der Waals surface area (Å²) in [5.74, 6) is -1.81. The Bertz CT molecular complexity index is 808. The first-order valence-electron chi connectivity index (χ1n) is 6.45. The molecule has 2 aromatic carbocycles. The summed E-state index contributed by atoms with van der Waals surface area (Å²) in [5, 5.41) is 16.0. The van der Waals surface area contributed by atoms with Crippen LogP contribution in [0.3, 0.4) is 0 Å². The number of benzene rings is 2. The van der Waals surface area contributed by atoms with E-state index in [1.165, 1.54) is 6.21 Å². The third-order valence-electron chi connectivity index (χ3n) is 2.74. The highest BCUT2D eigenvalue weighted by molar-refractivity contribution is 9.11. The molecule has 0 heterocycles. The van der Waals surface area contributed by atoms with Gasteiger partial charge in [0.1, 0.15) is 5.75 Å². The molecule has 0 atom stereocenters. The first-order chi connectivity index (χ1) is 11.4. The number of hydrogen-bond acceptors (Lipinski definition) is 4. The lowest BCUT2D eigenvalue weighted by atomic mass is 10.2. The van der Waals surface area contributed by atoms with Crippen LogP contribution in [0, 0.1) is 0 Å². The Hall–Kier alpha value is -1.71. The Morgan fingerprint density at radius 2 is 1.67 bits per heavy atom. The monoisotopic (exact) mass is 517 g/mol. The molecule has 6 nitrogen and oxygen atoms in total. The van der Waals surface area contributed by atoms with Crippen molar-refractivity contribution in [3.63, 3.8) is 0 Å². The van der Waals surface area contributed by atoms with Crippen molar-refractivity contribution in [2.45, 2.75) is 0 Å². The van der Waals surface area contributed by atoms with Crippen LogP contribution in [-0.2, 0) is 9.59 Å². The summed E-state index contributed by atoms with van der Waals surface area (Å²) in [6, 6.07) is 10.0. The molecule has 0 aromatic heterocycles. The number of halogens is 3. The van der Waals surface area contributed by atoms with Crippen molar-refractivity contribution < 1.29 is 14.7 Å². The van der Waals surface area contributed by atoms with Crippen molar-refractivity contribution in [3.05, 3.63) is 55.4 Å². The molecule has 0 unspecified atom stereocenters. The lowest BCUT2D eigenvalue weighted by Gasteiger charge is -2.04. The van der Waals surface area contributed by atoms with Gasteiger partial charge in [0.05, 0.1) is 10.7 Å². The predicted octanol–water partition coefficient (Wildman–Crippen LogP) is 3.77. The highest BCUT2D eigenvalue weighted by atomic mass is 79.9. The van der Waals surface area contributed by atoms with Gasteiger partial charge < -0.3 is 10.4 Å². The molecule has 3 N–H and O–H groups in total. The normalized spacial score (nSPS) is 10.6. The fraction of sp³-hybridized carbons (Fsp3) is 0. The fourth-order valence-corrected chi connectivity index (χ4v) is 3.14. The predicted molar refractivity (Wildman–Crippen MR) is 102 cm³/mol. The van der Waals surface area contributed by atoms with Gasteiger partial charge in [0.2, 0.25) is 0 Å². The highest BCUT2D eigenvalue weighted by Crippen LogP contribution is 2.30. The summed E-state index contributed by atoms with van der Waals surface area (Å²) in [7, 11) is 0. The number of anilines is 1. The molecule has 0 aliphatic heterocycles. The van der Waals surface area contributed by atoms with Crippen LogP contribution in [0.4, 0.5) is 5.69 Å². The second-order valence-electron chi connectivity index (χ2n) is 4.49. The van der Waals surface area contributed by atoms with Gasteiger partial charge in [0, 0.05) is 20.2 Å². The van der Waals surface area contributed by atoms with E-state index in [1.54, 1.807) is 36.4 Å². The molecule has 0 radical (unpaired) electrons. The summed E-state index contributed by atoms with van der Waals surface area (Å²) in [6.45, 7) is 0. The first kappa shape index (κ1) is 18.6. The third-order valence-corrected chi connectivity index (χ3v) is 4.33. The molecular weight excluding hydrogens is 510 g/mol. The third kappa shape index (κ3) is 5.15. The number of aromatic hydroxyl groups is 1. The average Bonchev–Trinajstić information content (AvgIpc) is 2.53. The van der Waals surface area contributed by atoms with Gasteiger partial charge in [-0.1, -0.05) is 31.9 Å². The van der Waals surface area contributed by atoms with Crippen LogP contribution in [0.2, 0.25) is 0 Å². The van der Waals surface area contributed by atoms with Crippen LogP contribution in [0.5, 0.6) is 5.75 Å². The van der Waals surface area contributed by atoms with Crippen LogP contribution in [0.25, 0.3) is 0 Å². The van der Waals surface area contributed by atoms with Crippen molar-refractivity contribution in [1.29, 1.82) is 0 Å². The molecule has 0 bridgehead atoms. The zero-order chi connectivity index (χ0) is 17.7. The number of carbonyl (C=O) groups excluding carboxylic acids is 2. The number of amides is 2. The van der Waals surface area contributed by atoms with Gasteiger partial charge in [-0.25, -0.2) is 5.43 Å². The molecule has 0 fully saturated rings. The van der Waals surface area contributed by atoms with Crippen molar-refractivity contribution in [1.82, 2.24) is 5.43 Å². The Balaban J connectivity index is 1.97. The zero-order valence-electron chi connectivity index (χ0n) is 11.9. The minimum atomic E-state index is -0.928. The van der Waals surface area contributed by atoms with Crippen LogP contribution in [0.15, 0.2) is 54.9 Å². The lowest BCUT2D eigenvalue weighted by molar-refractivity contribution is -0.136. The van der Waals surface area contributed by atoms with E-state index in [0.29, 0.717) is 20.2 Å². The molecule has 2 rings (SSSR count). The van der Waals surface area contributed by atoms with Gasteiger partial charge in [0.15, 0.2) is 0 Å². The summed E-state index contributed by atoms with van der Waals surface area (Å²) < 4.78 is 2.04. The maximum Gasteiger partial charge on any atom is 0.329 e. The maximum absolute atomic E-state index is 11.7. The molecule has 0 aliphatic carbocycles. The molecule has 124 valence electrons. The number of hydrazone groups is 1. The van der Waals surface area contributed by atoms with Crippen molar-refractivity contribution in [2.75, 3.05) is 5.32 Å². The molecule has 2 amide bonds. The molecule has 2 aromatic rings.